The van der Waals surface area contributed by atoms with Crippen LogP contribution in [0.3, 0.4) is 0 Å². The van der Waals surface area contributed by atoms with E-state index in [4.69, 9.17) is 4.74 Å². The van der Waals surface area contributed by atoms with Crippen molar-refractivity contribution in [3.8, 4) is 0 Å². The topological polar surface area (TPSA) is 9.23 Å². The maximum absolute atomic E-state index is 13.9. The van der Waals surface area contributed by atoms with Crippen molar-refractivity contribution < 1.29 is 13.5 Å². The molecule has 0 spiro atoms. The van der Waals surface area contributed by atoms with E-state index in [0.717, 1.165) is 5.56 Å². The molecule has 0 fully saturated rings. The molecule has 0 saturated carbocycles. The molecule has 3 heteroatoms. The number of benzene rings is 1. The van der Waals surface area contributed by atoms with Crippen LogP contribution < -0.4 is 0 Å². The molecule has 1 nitrogen and oxygen atoms in total. The van der Waals surface area contributed by atoms with Crippen LogP contribution in [0.4, 0.5) is 8.78 Å². The van der Waals surface area contributed by atoms with E-state index in [9.17, 15) is 8.78 Å². The smallest absolute Gasteiger partial charge is 0.235 e. The van der Waals surface area contributed by atoms with E-state index in [1.54, 1.807) is 19.1 Å². The zero-order chi connectivity index (χ0) is 12.3. The normalized spacial score (nSPS) is 24.2. The molecule has 2 rings (SSSR count). The van der Waals surface area contributed by atoms with E-state index in [1.165, 1.54) is 12.2 Å². The Morgan fingerprint density at radius 3 is 2.59 bits per heavy atom. The molecular formula is C14H14F2O. The molecule has 0 bridgehead atoms. The van der Waals surface area contributed by atoms with Crippen LogP contribution in [-0.4, -0.2) is 12.5 Å². The number of hydrogen-bond donors (Lipinski definition) is 0. The van der Waals surface area contributed by atoms with Crippen LogP contribution in [0.2, 0.25) is 0 Å². The molecule has 1 aromatic rings. The first-order valence-corrected chi connectivity index (χ1v) is 5.61. The van der Waals surface area contributed by atoms with Crippen LogP contribution in [0.5, 0.6) is 0 Å². The Hall–Kier alpha value is -1.48. The quantitative estimate of drug-likeness (QED) is 0.769. The third-order valence-corrected chi connectivity index (χ3v) is 2.66. The summed E-state index contributed by atoms with van der Waals surface area (Å²) in [5, 5.41) is 0. The molecule has 0 radical (unpaired) electrons. The molecular weight excluding hydrogens is 222 g/mol. The highest BCUT2D eigenvalue weighted by atomic mass is 19.2. The Morgan fingerprint density at radius 2 is 2.00 bits per heavy atom. The highest BCUT2D eigenvalue weighted by molar-refractivity contribution is 5.76. The van der Waals surface area contributed by atoms with Gasteiger partial charge in [0.2, 0.25) is 5.85 Å². The van der Waals surface area contributed by atoms with Gasteiger partial charge in [-0.15, -0.1) is 0 Å². The van der Waals surface area contributed by atoms with Gasteiger partial charge in [0.25, 0.3) is 0 Å². The van der Waals surface area contributed by atoms with Crippen LogP contribution in [0.1, 0.15) is 18.9 Å². The summed E-state index contributed by atoms with van der Waals surface area (Å²) >= 11 is 0. The predicted octanol–water partition coefficient (Wildman–Crippen LogP) is 4.03. The molecule has 0 saturated heterocycles. The number of hydrogen-bond acceptors (Lipinski definition) is 1. The fourth-order valence-electron chi connectivity index (χ4n) is 1.87. The zero-order valence-corrected chi connectivity index (χ0v) is 9.62. The van der Waals surface area contributed by atoms with Gasteiger partial charge in [-0.3, -0.25) is 0 Å². The lowest BCUT2D eigenvalue weighted by molar-refractivity contribution is -0.104. The standard InChI is InChI=1S/C14H14F2O/c1-2-17-14(16)9-8-12(13(15)10-14)11-6-4-3-5-7-11/h3-9H,2,10H2,1H3. The Morgan fingerprint density at radius 1 is 1.29 bits per heavy atom. The van der Waals surface area contributed by atoms with E-state index in [0.29, 0.717) is 5.57 Å². The number of halogens is 2. The van der Waals surface area contributed by atoms with Crippen molar-refractivity contribution >= 4 is 5.57 Å². The summed E-state index contributed by atoms with van der Waals surface area (Å²) in [6.07, 6.45) is 2.37. The van der Waals surface area contributed by atoms with Crippen molar-refractivity contribution in [3.63, 3.8) is 0 Å². The van der Waals surface area contributed by atoms with Crippen LogP contribution in [0, 0.1) is 0 Å². The van der Waals surface area contributed by atoms with E-state index in [1.807, 2.05) is 18.2 Å². The average molecular weight is 236 g/mol. The molecule has 1 aliphatic rings. The van der Waals surface area contributed by atoms with E-state index in [2.05, 4.69) is 0 Å². The Labute approximate surface area is 99.4 Å². The molecule has 17 heavy (non-hydrogen) atoms. The third kappa shape index (κ3) is 2.61. The zero-order valence-electron chi connectivity index (χ0n) is 9.62. The van der Waals surface area contributed by atoms with E-state index < -0.39 is 11.7 Å². The second-order valence-corrected chi connectivity index (χ2v) is 3.91. The lowest BCUT2D eigenvalue weighted by Crippen LogP contribution is -2.26. The van der Waals surface area contributed by atoms with Crippen molar-refractivity contribution in [1.29, 1.82) is 0 Å². The molecule has 0 N–H and O–H groups in total. The van der Waals surface area contributed by atoms with Gasteiger partial charge in [0, 0.05) is 12.2 Å². The average Bonchev–Trinajstić information content (AvgIpc) is 2.30. The summed E-state index contributed by atoms with van der Waals surface area (Å²) in [5.41, 5.74) is 1.18. The number of allylic oxidation sites excluding steroid dienone is 2. The Kier molecular flexibility index (Phi) is 3.38. The molecule has 0 aromatic heterocycles. The fourth-order valence-corrected chi connectivity index (χ4v) is 1.87. The largest absolute Gasteiger partial charge is 0.343 e. The van der Waals surface area contributed by atoms with Gasteiger partial charge < -0.3 is 4.74 Å². The fraction of sp³-hybridized carbons (Fsp3) is 0.286. The van der Waals surface area contributed by atoms with Gasteiger partial charge >= 0.3 is 0 Å². The minimum absolute atomic E-state index is 0.217. The Bertz CT molecular complexity index is 451. The highest BCUT2D eigenvalue weighted by Crippen LogP contribution is 2.36. The second-order valence-electron chi connectivity index (χ2n) is 3.91. The number of rotatable bonds is 3. The summed E-state index contributed by atoms with van der Waals surface area (Å²) in [4.78, 5) is 0. The van der Waals surface area contributed by atoms with Crippen molar-refractivity contribution in [3.05, 3.63) is 53.9 Å². The van der Waals surface area contributed by atoms with Gasteiger partial charge in [0.15, 0.2) is 0 Å². The molecule has 1 aliphatic carbocycles. The van der Waals surface area contributed by atoms with Gasteiger partial charge in [-0.2, -0.15) is 0 Å². The molecule has 1 atom stereocenters. The number of alkyl halides is 1. The molecule has 0 amide bonds. The third-order valence-electron chi connectivity index (χ3n) is 2.66. The van der Waals surface area contributed by atoms with Crippen molar-refractivity contribution in [2.75, 3.05) is 6.61 Å². The highest BCUT2D eigenvalue weighted by Gasteiger charge is 2.32. The van der Waals surface area contributed by atoms with Gasteiger partial charge in [0.05, 0.1) is 6.42 Å². The maximum atomic E-state index is 13.9. The van der Waals surface area contributed by atoms with Crippen molar-refractivity contribution in [2.24, 2.45) is 0 Å². The van der Waals surface area contributed by atoms with Crippen molar-refractivity contribution in [1.82, 2.24) is 0 Å². The predicted molar refractivity (Wildman–Crippen MR) is 63.7 cm³/mol. The molecule has 1 aromatic carbocycles. The van der Waals surface area contributed by atoms with Gasteiger partial charge in [-0.1, -0.05) is 36.4 Å². The summed E-state index contributed by atoms with van der Waals surface area (Å²) in [7, 11) is 0. The number of ether oxygens (including phenoxy) is 1. The summed E-state index contributed by atoms with van der Waals surface area (Å²) in [6, 6.07) is 9.09. The lowest BCUT2D eigenvalue weighted by Gasteiger charge is -2.25. The van der Waals surface area contributed by atoms with Gasteiger partial charge in [0.1, 0.15) is 5.83 Å². The van der Waals surface area contributed by atoms with Crippen LogP contribution in [-0.2, 0) is 4.74 Å². The molecule has 90 valence electrons. The van der Waals surface area contributed by atoms with Crippen LogP contribution in [0.15, 0.2) is 48.3 Å². The van der Waals surface area contributed by atoms with E-state index in [-0.39, 0.29) is 13.0 Å². The first-order chi connectivity index (χ1) is 8.14. The van der Waals surface area contributed by atoms with Gasteiger partial charge in [-0.05, 0) is 18.6 Å². The lowest BCUT2D eigenvalue weighted by atomic mass is 9.96. The first-order valence-electron chi connectivity index (χ1n) is 5.61. The molecule has 1 unspecified atom stereocenters. The SMILES string of the molecule is CCOC1(F)C=CC(c2ccccc2)=C(F)C1. The van der Waals surface area contributed by atoms with E-state index >= 15 is 0 Å². The molecule has 0 aliphatic heterocycles. The first kappa shape index (κ1) is 12.0. The maximum Gasteiger partial charge on any atom is 0.235 e. The second kappa shape index (κ2) is 4.80. The monoisotopic (exact) mass is 236 g/mol. The van der Waals surface area contributed by atoms with Gasteiger partial charge in [-0.25, -0.2) is 8.78 Å². The van der Waals surface area contributed by atoms with Crippen molar-refractivity contribution in [2.45, 2.75) is 19.2 Å². The summed E-state index contributed by atoms with van der Waals surface area (Å²) in [6.45, 7) is 1.90. The summed E-state index contributed by atoms with van der Waals surface area (Å²) < 4.78 is 32.7. The summed E-state index contributed by atoms with van der Waals surface area (Å²) in [5.74, 6) is -2.48. The van der Waals surface area contributed by atoms with Crippen LogP contribution in [0.25, 0.3) is 5.57 Å². The Balaban J connectivity index is 2.26. The van der Waals surface area contributed by atoms with Crippen LogP contribution >= 0.6 is 0 Å². The minimum atomic E-state index is -2.00. The minimum Gasteiger partial charge on any atom is -0.343 e. The molecule has 0 heterocycles.